The Bertz CT molecular complexity index is 737. The van der Waals surface area contributed by atoms with Gasteiger partial charge in [0.25, 0.3) is 0 Å². The lowest BCUT2D eigenvalue weighted by Gasteiger charge is -2.20. The van der Waals surface area contributed by atoms with Gasteiger partial charge in [-0.15, -0.1) is 0 Å². The lowest BCUT2D eigenvalue weighted by Crippen LogP contribution is -2.32. The van der Waals surface area contributed by atoms with E-state index in [1.807, 2.05) is 18.2 Å². The molecule has 2 rings (SSSR count). The van der Waals surface area contributed by atoms with Crippen LogP contribution in [0.3, 0.4) is 0 Å². The fourth-order valence-electron chi connectivity index (χ4n) is 2.40. The van der Waals surface area contributed by atoms with Crippen molar-refractivity contribution in [3.63, 3.8) is 0 Å². The number of thiocarbonyl (C=S) groups is 1. The maximum Gasteiger partial charge on any atom is 0.339 e. The Labute approximate surface area is 158 Å². The molecule has 2 aromatic carbocycles. The molecule has 132 valence electrons. The van der Waals surface area contributed by atoms with Gasteiger partial charge in [-0.1, -0.05) is 48.9 Å². The smallest absolute Gasteiger partial charge is 0.339 e. The quantitative estimate of drug-likeness (QED) is 0.551. The van der Waals surface area contributed by atoms with Crippen molar-refractivity contribution in [1.82, 2.24) is 5.32 Å². The molecule has 4 nitrogen and oxygen atoms in total. The molecule has 0 bridgehead atoms. The second-order valence-corrected chi connectivity index (χ2v) is 6.20. The van der Waals surface area contributed by atoms with E-state index in [0.29, 0.717) is 28.0 Å². The lowest BCUT2D eigenvalue weighted by atomic mass is 10.1. The third kappa shape index (κ3) is 5.44. The summed E-state index contributed by atoms with van der Waals surface area (Å²) in [7, 11) is 0. The molecule has 0 aliphatic rings. The zero-order chi connectivity index (χ0) is 18.2. The highest BCUT2D eigenvalue weighted by atomic mass is 35.5. The summed E-state index contributed by atoms with van der Waals surface area (Å²) in [6, 6.07) is 15.3. The van der Waals surface area contributed by atoms with Gasteiger partial charge in [0.1, 0.15) is 0 Å². The van der Waals surface area contributed by atoms with Crippen LogP contribution in [0, 0.1) is 0 Å². The van der Waals surface area contributed by atoms with Crippen LogP contribution in [0.25, 0.3) is 0 Å². The zero-order valence-corrected chi connectivity index (χ0v) is 15.8. The summed E-state index contributed by atoms with van der Waals surface area (Å²) < 4.78 is 5.01. The first-order valence-corrected chi connectivity index (χ1v) is 8.92. The molecule has 1 atom stereocenters. The zero-order valence-electron chi connectivity index (χ0n) is 14.2. The van der Waals surface area contributed by atoms with Crippen LogP contribution in [-0.4, -0.2) is 17.7 Å². The number of hydrogen-bond acceptors (Lipinski definition) is 3. The largest absolute Gasteiger partial charge is 0.462 e. The van der Waals surface area contributed by atoms with Crippen molar-refractivity contribution in [3.05, 3.63) is 64.7 Å². The van der Waals surface area contributed by atoms with Crippen molar-refractivity contribution in [3.8, 4) is 0 Å². The number of hydrogen-bond donors (Lipinski definition) is 2. The van der Waals surface area contributed by atoms with Crippen molar-refractivity contribution in [2.75, 3.05) is 11.9 Å². The minimum Gasteiger partial charge on any atom is -0.462 e. The van der Waals surface area contributed by atoms with E-state index in [1.54, 1.807) is 25.1 Å². The fraction of sp³-hybridized carbons (Fsp3) is 0.263. The van der Waals surface area contributed by atoms with Gasteiger partial charge in [0, 0.05) is 5.69 Å². The summed E-state index contributed by atoms with van der Waals surface area (Å²) in [6.45, 7) is 4.14. The first-order chi connectivity index (χ1) is 12.0. The molecular formula is C19H21ClN2O2S. The van der Waals surface area contributed by atoms with Crippen LogP contribution in [0.4, 0.5) is 5.69 Å². The van der Waals surface area contributed by atoms with Crippen LogP contribution in [0.2, 0.25) is 5.02 Å². The van der Waals surface area contributed by atoms with Gasteiger partial charge >= 0.3 is 5.97 Å². The highest BCUT2D eigenvalue weighted by molar-refractivity contribution is 7.80. The maximum atomic E-state index is 11.9. The van der Waals surface area contributed by atoms with Crippen LogP contribution in [0.15, 0.2) is 48.5 Å². The van der Waals surface area contributed by atoms with Crippen LogP contribution in [-0.2, 0) is 4.74 Å². The lowest BCUT2D eigenvalue weighted by molar-refractivity contribution is 0.0526. The van der Waals surface area contributed by atoms with E-state index in [2.05, 4.69) is 29.7 Å². The average molecular weight is 377 g/mol. The number of anilines is 1. The molecule has 0 unspecified atom stereocenters. The molecule has 0 aromatic heterocycles. The molecule has 0 fully saturated rings. The third-order valence-electron chi connectivity index (χ3n) is 3.64. The molecule has 0 aliphatic carbocycles. The van der Waals surface area contributed by atoms with E-state index in [0.717, 1.165) is 12.0 Å². The summed E-state index contributed by atoms with van der Waals surface area (Å²) in [6.07, 6.45) is 0.889. The highest BCUT2D eigenvalue weighted by Crippen LogP contribution is 2.22. The van der Waals surface area contributed by atoms with Crippen molar-refractivity contribution in [2.45, 2.75) is 26.3 Å². The number of benzene rings is 2. The molecule has 2 N–H and O–H groups in total. The standard InChI is InChI=1S/C19H21ClN2O2S/c1-3-17(13-8-6-5-7-9-13)22-19(25)21-14-10-11-16(20)15(12-14)18(23)24-4-2/h5-12,17H,3-4H2,1-2H3,(H2,21,22,25)/t17-/m0/s1. The van der Waals surface area contributed by atoms with Gasteiger partial charge in [-0.2, -0.15) is 0 Å². The van der Waals surface area contributed by atoms with Crippen molar-refractivity contribution in [1.29, 1.82) is 0 Å². The number of rotatable bonds is 6. The Hall–Kier alpha value is -2.11. The molecule has 2 aromatic rings. The molecule has 0 saturated heterocycles. The SMILES string of the molecule is CCOC(=O)c1cc(NC(=S)N[C@@H](CC)c2ccccc2)ccc1Cl. The van der Waals surface area contributed by atoms with Gasteiger partial charge in [0.2, 0.25) is 0 Å². The predicted molar refractivity (Wildman–Crippen MR) is 106 cm³/mol. The summed E-state index contributed by atoms with van der Waals surface area (Å²) in [5.41, 5.74) is 2.15. The molecule has 0 heterocycles. The molecule has 6 heteroatoms. The Kier molecular flexibility index (Phi) is 7.22. The molecule has 0 amide bonds. The first-order valence-electron chi connectivity index (χ1n) is 8.14. The number of carbonyl (C=O) groups is 1. The topological polar surface area (TPSA) is 50.4 Å². The number of esters is 1. The molecule has 0 aliphatic heterocycles. The Morgan fingerprint density at radius 1 is 1.20 bits per heavy atom. The average Bonchev–Trinajstić information content (AvgIpc) is 2.62. The van der Waals surface area contributed by atoms with Crippen LogP contribution >= 0.6 is 23.8 Å². The van der Waals surface area contributed by atoms with E-state index in [1.165, 1.54) is 0 Å². The summed E-state index contributed by atoms with van der Waals surface area (Å²) in [5, 5.41) is 7.21. The minimum absolute atomic E-state index is 0.109. The maximum absolute atomic E-state index is 11.9. The second kappa shape index (κ2) is 9.39. The third-order valence-corrected chi connectivity index (χ3v) is 4.18. The molecule has 0 spiro atoms. The summed E-state index contributed by atoms with van der Waals surface area (Å²) in [5.74, 6) is -0.453. The van der Waals surface area contributed by atoms with E-state index in [4.69, 9.17) is 28.6 Å². The molecule has 25 heavy (non-hydrogen) atoms. The number of carbonyl (C=O) groups excluding carboxylic acids is 1. The van der Waals surface area contributed by atoms with E-state index >= 15 is 0 Å². The van der Waals surface area contributed by atoms with Gasteiger partial charge in [-0.3, -0.25) is 0 Å². The highest BCUT2D eigenvalue weighted by Gasteiger charge is 2.14. The monoisotopic (exact) mass is 376 g/mol. The Morgan fingerprint density at radius 3 is 2.56 bits per heavy atom. The van der Waals surface area contributed by atoms with Crippen LogP contribution in [0.1, 0.15) is 42.2 Å². The van der Waals surface area contributed by atoms with E-state index in [9.17, 15) is 4.79 Å². The summed E-state index contributed by atoms with van der Waals surface area (Å²) >= 11 is 11.5. The van der Waals surface area contributed by atoms with Gasteiger partial charge in [0.05, 0.1) is 23.2 Å². The summed E-state index contributed by atoms with van der Waals surface area (Å²) in [4.78, 5) is 11.9. The minimum atomic E-state index is -0.453. The molecule has 0 saturated carbocycles. The van der Waals surface area contributed by atoms with Crippen molar-refractivity contribution < 1.29 is 9.53 Å². The normalized spacial score (nSPS) is 11.5. The van der Waals surface area contributed by atoms with Crippen molar-refractivity contribution >= 4 is 40.6 Å². The predicted octanol–water partition coefficient (Wildman–Crippen LogP) is 4.95. The second-order valence-electron chi connectivity index (χ2n) is 5.39. The number of ether oxygens (including phenoxy) is 1. The fourth-order valence-corrected chi connectivity index (χ4v) is 2.85. The Balaban J connectivity index is 2.07. The van der Waals surface area contributed by atoms with Gasteiger partial charge in [-0.25, -0.2) is 4.79 Å². The molecule has 0 radical (unpaired) electrons. The van der Waals surface area contributed by atoms with Crippen molar-refractivity contribution in [2.24, 2.45) is 0 Å². The number of halogens is 1. The van der Waals surface area contributed by atoms with Gasteiger partial charge < -0.3 is 15.4 Å². The van der Waals surface area contributed by atoms with Gasteiger partial charge in [-0.05, 0) is 49.3 Å². The van der Waals surface area contributed by atoms with E-state index < -0.39 is 5.97 Å². The van der Waals surface area contributed by atoms with Crippen LogP contribution < -0.4 is 10.6 Å². The molecular weight excluding hydrogens is 356 g/mol. The van der Waals surface area contributed by atoms with E-state index in [-0.39, 0.29) is 6.04 Å². The number of nitrogens with one attached hydrogen (secondary N) is 2. The van der Waals surface area contributed by atoms with Crippen LogP contribution in [0.5, 0.6) is 0 Å². The Morgan fingerprint density at radius 2 is 1.92 bits per heavy atom. The van der Waals surface area contributed by atoms with Gasteiger partial charge in [0.15, 0.2) is 5.11 Å². The first kappa shape index (κ1) is 19.2.